The molecule has 0 saturated heterocycles. The molecule has 2 amide bonds. The minimum absolute atomic E-state index is 0.0617. The van der Waals surface area contributed by atoms with E-state index in [2.05, 4.69) is 29.7 Å². The summed E-state index contributed by atoms with van der Waals surface area (Å²) in [5.74, 6) is -0.543. The van der Waals surface area contributed by atoms with E-state index < -0.39 is 5.97 Å². The van der Waals surface area contributed by atoms with Crippen molar-refractivity contribution in [3.63, 3.8) is 0 Å². The van der Waals surface area contributed by atoms with Crippen molar-refractivity contribution < 1.29 is 14.7 Å². The van der Waals surface area contributed by atoms with Gasteiger partial charge in [-0.15, -0.1) is 0 Å². The fraction of sp³-hybridized carbons (Fsp3) is 0.429. The number of benzene rings is 1. The van der Waals surface area contributed by atoms with Crippen molar-refractivity contribution in [3.05, 3.63) is 35.9 Å². The van der Waals surface area contributed by atoms with Gasteiger partial charge in [0.15, 0.2) is 0 Å². The van der Waals surface area contributed by atoms with Crippen LogP contribution in [0.1, 0.15) is 31.2 Å². The summed E-state index contributed by atoms with van der Waals surface area (Å²) in [6.45, 7) is 2.82. The summed E-state index contributed by atoms with van der Waals surface area (Å²) >= 11 is 0. The van der Waals surface area contributed by atoms with E-state index in [1.165, 1.54) is 5.56 Å². The Bertz CT molecular complexity index is 406. The molecule has 1 rings (SSSR count). The first-order valence-corrected chi connectivity index (χ1v) is 6.38. The number of urea groups is 1. The maximum atomic E-state index is 11.3. The summed E-state index contributed by atoms with van der Waals surface area (Å²) in [4.78, 5) is 21.6. The van der Waals surface area contributed by atoms with Crippen molar-refractivity contribution in [2.45, 2.75) is 25.7 Å². The van der Waals surface area contributed by atoms with Gasteiger partial charge >= 0.3 is 12.0 Å². The van der Waals surface area contributed by atoms with Crippen LogP contribution in [0, 0.1) is 0 Å². The average Bonchev–Trinajstić information content (AvgIpc) is 2.39. The molecule has 1 atom stereocenters. The van der Waals surface area contributed by atoms with Crippen molar-refractivity contribution in [3.8, 4) is 0 Å². The third kappa shape index (κ3) is 6.45. The number of hydrogen-bond acceptors (Lipinski definition) is 2. The van der Waals surface area contributed by atoms with Crippen molar-refractivity contribution >= 4 is 12.0 Å². The second kappa shape index (κ2) is 8.13. The van der Waals surface area contributed by atoms with E-state index in [1.807, 2.05) is 18.2 Å². The minimum Gasteiger partial charge on any atom is -0.481 e. The Labute approximate surface area is 113 Å². The lowest BCUT2D eigenvalue weighted by Gasteiger charge is -2.12. The monoisotopic (exact) mass is 264 g/mol. The second-order valence-corrected chi connectivity index (χ2v) is 4.43. The van der Waals surface area contributed by atoms with Gasteiger partial charge < -0.3 is 15.7 Å². The number of carbonyl (C=O) groups excluding carboxylic acids is 1. The largest absolute Gasteiger partial charge is 0.481 e. The summed E-state index contributed by atoms with van der Waals surface area (Å²) in [6, 6.07) is 9.79. The standard InChI is InChI=1S/C14H20N2O3/c1-11(12-5-3-2-4-6-12)7-9-15-14(19)16-10-8-13(17)18/h2-6,11H,7-10H2,1H3,(H,17,18)(H2,15,16,19). The number of carboxylic acids is 1. The lowest BCUT2D eigenvalue weighted by atomic mass is 9.98. The van der Waals surface area contributed by atoms with E-state index in [-0.39, 0.29) is 19.0 Å². The lowest BCUT2D eigenvalue weighted by molar-refractivity contribution is -0.136. The van der Waals surface area contributed by atoms with Gasteiger partial charge in [-0.1, -0.05) is 37.3 Å². The Hall–Kier alpha value is -2.04. The minimum atomic E-state index is -0.919. The smallest absolute Gasteiger partial charge is 0.314 e. The summed E-state index contributed by atoms with van der Waals surface area (Å²) in [5.41, 5.74) is 1.25. The molecule has 0 spiro atoms. The van der Waals surface area contributed by atoms with E-state index in [9.17, 15) is 9.59 Å². The first-order chi connectivity index (χ1) is 9.09. The third-order valence-corrected chi connectivity index (χ3v) is 2.86. The highest BCUT2D eigenvalue weighted by atomic mass is 16.4. The zero-order valence-corrected chi connectivity index (χ0v) is 11.1. The summed E-state index contributed by atoms with van der Waals surface area (Å²) < 4.78 is 0. The lowest BCUT2D eigenvalue weighted by Crippen LogP contribution is -2.37. The van der Waals surface area contributed by atoms with Gasteiger partial charge in [-0.2, -0.15) is 0 Å². The molecule has 104 valence electrons. The van der Waals surface area contributed by atoms with Gasteiger partial charge in [-0.05, 0) is 17.9 Å². The zero-order valence-electron chi connectivity index (χ0n) is 11.1. The highest BCUT2D eigenvalue weighted by molar-refractivity contribution is 5.74. The molecule has 1 aromatic carbocycles. The van der Waals surface area contributed by atoms with Gasteiger partial charge in [0.2, 0.25) is 0 Å². The molecule has 1 aromatic rings. The molecule has 3 N–H and O–H groups in total. The topological polar surface area (TPSA) is 78.4 Å². The van der Waals surface area contributed by atoms with Crippen molar-refractivity contribution in [2.75, 3.05) is 13.1 Å². The van der Waals surface area contributed by atoms with Crippen LogP contribution in [0.15, 0.2) is 30.3 Å². The van der Waals surface area contributed by atoms with Gasteiger partial charge in [-0.25, -0.2) is 4.79 Å². The molecular weight excluding hydrogens is 244 g/mol. The number of amides is 2. The number of hydrogen-bond donors (Lipinski definition) is 3. The summed E-state index contributed by atoms with van der Waals surface area (Å²) in [6.07, 6.45) is 0.782. The van der Waals surface area contributed by atoms with E-state index in [4.69, 9.17) is 5.11 Å². The van der Waals surface area contributed by atoms with E-state index >= 15 is 0 Å². The van der Waals surface area contributed by atoms with Crippen LogP contribution < -0.4 is 10.6 Å². The molecule has 0 aromatic heterocycles. The molecule has 0 heterocycles. The Morgan fingerprint density at radius 3 is 2.42 bits per heavy atom. The number of aliphatic carboxylic acids is 1. The van der Waals surface area contributed by atoms with E-state index in [1.54, 1.807) is 0 Å². The summed E-state index contributed by atoms with van der Waals surface area (Å²) in [5, 5.41) is 13.6. The van der Waals surface area contributed by atoms with Crippen LogP contribution in [-0.4, -0.2) is 30.2 Å². The highest BCUT2D eigenvalue weighted by Gasteiger charge is 2.06. The van der Waals surface area contributed by atoms with Crippen LogP contribution in [0.25, 0.3) is 0 Å². The maximum absolute atomic E-state index is 11.3. The van der Waals surface area contributed by atoms with Gasteiger partial charge in [-0.3, -0.25) is 4.79 Å². The molecule has 5 nitrogen and oxygen atoms in total. The fourth-order valence-electron chi connectivity index (χ4n) is 1.70. The predicted octanol–water partition coefficient (Wildman–Crippen LogP) is 1.95. The molecule has 0 saturated carbocycles. The predicted molar refractivity (Wildman–Crippen MR) is 73.1 cm³/mol. The number of nitrogens with one attached hydrogen (secondary N) is 2. The molecule has 0 radical (unpaired) electrons. The number of carboxylic acid groups (broad SMARTS) is 1. The first kappa shape index (κ1) is 15.0. The molecule has 19 heavy (non-hydrogen) atoms. The van der Waals surface area contributed by atoms with Gasteiger partial charge in [0.1, 0.15) is 0 Å². The zero-order chi connectivity index (χ0) is 14.1. The third-order valence-electron chi connectivity index (χ3n) is 2.86. The Morgan fingerprint density at radius 1 is 1.16 bits per heavy atom. The van der Waals surface area contributed by atoms with Crippen LogP contribution >= 0.6 is 0 Å². The highest BCUT2D eigenvalue weighted by Crippen LogP contribution is 2.17. The van der Waals surface area contributed by atoms with Crippen LogP contribution in [0.4, 0.5) is 4.79 Å². The Morgan fingerprint density at radius 2 is 1.79 bits per heavy atom. The van der Waals surface area contributed by atoms with Crippen molar-refractivity contribution in [2.24, 2.45) is 0 Å². The van der Waals surface area contributed by atoms with Crippen LogP contribution in [0.3, 0.4) is 0 Å². The number of rotatable bonds is 7. The summed E-state index contributed by atoms with van der Waals surface area (Å²) in [7, 11) is 0. The second-order valence-electron chi connectivity index (χ2n) is 4.43. The average molecular weight is 264 g/mol. The molecule has 0 aliphatic heterocycles. The maximum Gasteiger partial charge on any atom is 0.314 e. The quantitative estimate of drug-likeness (QED) is 0.704. The normalized spacial score (nSPS) is 11.6. The van der Waals surface area contributed by atoms with Gasteiger partial charge in [0.05, 0.1) is 6.42 Å². The van der Waals surface area contributed by atoms with Crippen molar-refractivity contribution in [1.82, 2.24) is 10.6 Å². The molecule has 0 fully saturated rings. The van der Waals surface area contributed by atoms with E-state index in [0.717, 1.165) is 6.42 Å². The van der Waals surface area contributed by atoms with Gasteiger partial charge in [0.25, 0.3) is 0 Å². The SMILES string of the molecule is CC(CCNC(=O)NCCC(=O)O)c1ccccc1. The molecule has 0 bridgehead atoms. The fourth-order valence-corrected chi connectivity index (χ4v) is 1.70. The van der Waals surface area contributed by atoms with Crippen molar-refractivity contribution in [1.29, 1.82) is 0 Å². The molecule has 5 heteroatoms. The van der Waals surface area contributed by atoms with Crippen LogP contribution in [0.5, 0.6) is 0 Å². The molecule has 1 unspecified atom stereocenters. The Balaban J connectivity index is 2.16. The Kier molecular flexibility index (Phi) is 6.43. The number of carbonyl (C=O) groups is 2. The van der Waals surface area contributed by atoms with Gasteiger partial charge in [0, 0.05) is 13.1 Å². The van der Waals surface area contributed by atoms with Crippen LogP contribution in [0.2, 0.25) is 0 Å². The van der Waals surface area contributed by atoms with Crippen LogP contribution in [-0.2, 0) is 4.79 Å². The molecular formula is C14H20N2O3. The first-order valence-electron chi connectivity index (χ1n) is 6.38. The van der Waals surface area contributed by atoms with E-state index in [0.29, 0.717) is 12.5 Å². The molecule has 0 aliphatic rings. The molecule has 0 aliphatic carbocycles.